The van der Waals surface area contributed by atoms with Crippen LogP contribution in [0, 0.1) is 0 Å². The molecule has 0 heterocycles. The zero-order chi connectivity index (χ0) is 2.00. The fraction of sp³-hybridized carbons (Fsp3) is 0. The zero-order valence-electron chi connectivity index (χ0n) is 0.908. The van der Waals surface area contributed by atoms with Crippen molar-refractivity contribution in [1.82, 2.24) is 0 Å². The molecule has 0 aliphatic heterocycles. The second-order valence-corrected chi connectivity index (χ2v) is 0. The molecule has 0 amide bonds. The average molecular weight is 165 g/mol. The van der Waals surface area contributed by atoms with Gasteiger partial charge in [-0.1, -0.05) is 0 Å². The van der Waals surface area contributed by atoms with Gasteiger partial charge in [-0.05, 0) is 0 Å². The van der Waals surface area contributed by atoms with Crippen LogP contribution in [0.5, 0.6) is 0 Å². The Labute approximate surface area is 77.7 Å². The van der Waals surface area contributed by atoms with Crippen LogP contribution >= 0.6 is 0 Å². The van der Waals surface area contributed by atoms with Crippen molar-refractivity contribution in [3.8, 4) is 0 Å². The maximum atomic E-state index is 8.25. The minimum absolute atomic E-state index is 0. The summed E-state index contributed by atoms with van der Waals surface area (Å²) in [6.45, 7) is 0. The first kappa shape index (κ1) is 16.4. The SMILES string of the molecule is [BeH2].[O]=[Ti].[SrH2]. The molecule has 0 saturated heterocycles. The van der Waals surface area contributed by atoms with Crippen LogP contribution in [-0.2, 0) is 23.7 Å². The first-order valence-electron chi connectivity index (χ1n) is 0.204. The van der Waals surface area contributed by atoms with Crippen molar-refractivity contribution in [3.05, 3.63) is 0 Å². The molecule has 0 N–H and O–H groups in total. The number of hydrogen-bond donors (Lipinski definition) is 0. The average Bonchev–Trinajstić information content (AvgIpc) is 1.00. The predicted molar refractivity (Wildman–Crippen MR) is 17.8 cm³/mol. The van der Waals surface area contributed by atoms with Crippen LogP contribution in [-0.4, -0.2) is 55.6 Å². The second-order valence-electron chi connectivity index (χ2n) is 0. The van der Waals surface area contributed by atoms with E-state index in [0.29, 0.717) is 0 Å². The Kier molecular flexibility index (Phi) is 78.5. The quantitative estimate of drug-likeness (QED) is 0.380. The van der Waals surface area contributed by atoms with Gasteiger partial charge in [0.15, 0.2) is 0 Å². The third kappa shape index (κ3) is 8.90. The van der Waals surface area contributed by atoms with E-state index in [1.807, 2.05) is 0 Å². The first-order valence-corrected chi connectivity index (χ1v) is 0.842. The van der Waals surface area contributed by atoms with Gasteiger partial charge < -0.3 is 0 Å². The fourth-order valence-corrected chi connectivity index (χ4v) is 0. The first-order chi connectivity index (χ1) is 1.00. The molecule has 0 saturated carbocycles. The topological polar surface area (TPSA) is 17.1 Å². The zero-order valence-corrected chi connectivity index (χ0v) is 2.47. The summed E-state index contributed by atoms with van der Waals surface area (Å²) >= 11 is 0.750. The van der Waals surface area contributed by atoms with E-state index in [9.17, 15) is 0 Å². The Bertz CT molecular complexity index is 8.00. The molecule has 0 aliphatic rings. The van der Waals surface area contributed by atoms with Gasteiger partial charge in [0.2, 0.25) is 0 Å². The van der Waals surface area contributed by atoms with Gasteiger partial charge in [-0.2, -0.15) is 0 Å². The van der Waals surface area contributed by atoms with E-state index in [1.54, 1.807) is 0 Å². The van der Waals surface area contributed by atoms with E-state index in [-0.39, 0.29) is 55.6 Å². The van der Waals surface area contributed by atoms with Gasteiger partial charge in [-0.3, -0.25) is 0 Å². The molecule has 0 unspecified atom stereocenters. The molecular formula is H4BeOSrTi. The van der Waals surface area contributed by atoms with Crippen LogP contribution in [0.15, 0.2) is 0 Å². The van der Waals surface area contributed by atoms with Crippen molar-refractivity contribution < 1.29 is 23.7 Å². The Morgan fingerprint density at radius 2 is 1.25 bits per heavy atom. The minimum atomic E-state index is 0. The fourth-order valence-electron chi connectivity index (χ4n) is 0. The predicted octanol–water partition coefficient (Wildman–Crippen LogP) is -1.95. The Hall–Kier alpha value is 2.16. The summed E-state index contributed by atoms with van der Waals surface area (Å²) in [6.07, 6.45) is 0. The van der Waals surface area contributed by atoms with Gasteiger partial charge in [0.05, 0.1) is 0 Å². The van der Waals surface area contributed by atoms with Gasteiger partial charge >= 0.3 is 79.3 Å². The summed E-state index contributed by atoms with van der Waals surface area (Å²) < 4.78 is 8.25. The summed E-state index contributed by atoms with van der Waals surface area (Å²) in [4.78, 5) is 0. The van der Waals surface area contributed by atoms with Crippen molar-refractivity contribution in [2.24, 2.45) is 0 Å². The van der Waals surface area contributed by atoms with Crippen molar-refractivity contribution in [1.29, 1.82) is 0 Å². The van der Waals surface area contributed by atoms with Crippen molar-refractivity contribution in [3.63, 3.8) is 0 Å². The molecule has 0 aromatic rings. The van der Waals surface area contributed by atoms with Crippen LogP contribution in [0.4, 0.5) is 0 Å². The number of rotatable bonds is 0. The Morgan fingerprint density at radius 3 is 1.25 bits per heavy atom. The van der Waals surface area contributed by atoms with Gasteiger partial charge in [-0.15, -0.1) is 0 Å². The molecule has 0 bridgehead atoms. The van der Waals surface area contributed by atoms with Crippen molar-refractivity contribution in [2.75, 3.05) is 0 Å². The Balaban J connectivity index is -0.00000000500. The van der Waals surface area contributed by atoms with E-state index in [4.69, 9.17) is 3.32 Å². The van der Waals surface area contributed by atoms with E-state index < -0.39 is 0 Å². The van der Waals surface area contributed by atoms with Crippen LogP contribution in [0.25, 0.3) is 0 Å². The van der Waals surface area contributed by atoms with Gasteiger partial charge in [0, 0.05) is 0 Å². The second kappa shape index (κ2) is 19.1. The summed E-state index contributed by atoms with van der Waals surface area (Å²) in [5.74, 6) is 0. The van der Waals surface area contributed by atoms with E-state index in [0.717, 1.165) is 20.4 Å². The monoisotopic (exact) mass is 165 g/mol. The third-order valence-electron chi connectivity index (χ3n) is 0. The maximum absolute atomic E-state index is 8.25. The molecule has 0 rings (SSSR count). The molecule has 0 aliphatic carbocycles. The summed E-state index contributed by atoms with van der Waals surface area (Å²) in [7, 11) is 0. The molecule has 0 radical (unpaired) electrons. The van der Waals surface area contributed by atoms with Crippen LogP contribution in [0.3, 0.4) is 0 Å². The Morgan fingerprint density at radius 1 is 1.25 bits per heavy atom. The molecule has 4 heteroatoms. The molecule has 0 spiro atoms. The molecular weight excluding hydrogens is 160 g/mol. The standard InChI is InChI=1S/Be.O.Sr.Ti.4H. The van der Waals surface area contributed by atoms with Crippen LogP contribution in [0.1, 0.15) is 0 Å². The molecule has 0 fully saturated rings. The summed E-state index contributed by atoms with van der Waals surface area (Å²) in [5, 5.41) is 0. The van der Waals surface area contributed by atoms with Gasteiger partial charge in [0.1, 0.15) is 0 Å². The van der Waals surface area contributed by atoms with Gasteiger partial charge in [0.25, 0.3) is 0 Å². The summed E-state index contributed by atoms with van der Waals surface area (Å²) in [6, 6.07) is 0. The van der Waals surface area contributed by atoms with E-state index in [2.05, 4.69) is 0 Å². The molecule has 1 nitrogen and oxygen atoms in total. The van der Waals surface area contributed by atoms with Crippen LogP contribution in [0.2, 0.25) is 0 Å². The molecule has 0 aromatic carbocycles. The molecule has 0 atom stereocenters. The molecule has 4 heavy (non-hydrogen) atoms. The van der Waals surface area contributed by atoms with Crippen molar-refractivity contribution in [2.45, 2.75) is 0 Å². The molecule has 0 aromatic heterocycles. The third-order valence-corrected chi connectivity index (χ3v) is 0. The number of hydrogen-bond acceptors (Lipinski definition) is 1. The van der Waals surface area contributed by atoms with Crippen LogP contribution < -0.4 is 0 Å². The molecule has 18 valence electrons. The van der Waals surface area contributed by atoms with Crippen molar-refractivity contribution >= 4 is 55.6 Å². The van der Waals surface area contributed by atoms with Gasteiger partial charge in [-0.25, -0.2) is 0 Å². The normalized spacial score (nSPS) is 0.750. The van der Waals surface area contributed by atoms with E-state index >= 15 is 0 Å². The van der Waals surface area contributed by atoms with E-state index in [1.165, 1.54) is 0 Å². The summed E-state index contributed by atoms with van der Waals surface area (Å²) in [5.41, 5.74) is 0.